The molecule has 0 saturated heterocycles. The van der Waals surface area contributed by atoms with Crippen molar-refractivity contribution in [2.75, 3.05) is 13.2 Å². The number of esters is 3. The number of allylic oxidation sites excluding steroid dienone is 14. The van der Waals surface area contributed by atoms with Crippen molar-refractivity contribution in [2.24, 2.45) is 0 Å². The lowest BCUT2D eigenvalue weighted by Gasteiger charge is -2.18. The van der Waals surface area contributed by atoms with E-state index in [-0.39, 0.29) is 37.5 Å². The summed E-state index contributed by atoms with van der Waals surface area (Å²) in [5.74, 6) is -0.937. The zero-order valence-corrected chi connectivity index (χ0v) is 50.3. The van der Waals surface area contributed by atoms with Crippen molar-refractivity contribution in [3.05, 3.63) is 85.1 Å². The molecule has 0 aliphatic carbocycles. The number of unbranched alkanes of at least 4 members (excludes halogenated alkanes) is 34. The predicted octanol–water partition coefficient (Wildman–Crippen LogP) is 22.3. The van der Waals surface area contributed by atoms with Crippen molar-refractivity contribution >= 4 is 17.9 Å². The zero-order chi connectivity index (χ0) is 55.0. The minimum atomic E-state index is -0.798. The number of carbonyl (C=O) groups excluding carboxylic acids is 3. The normalized spacial score (nSPS) is 12.6. The second-order valence-corrected chi connectivity index (χ2v) is 21.7. The molecule has 438 valence electrons. The number of ether oxygens (including phenoxy) is 3. The summed E-state index contributed by atoms with van der Waals surface area (Å²) in [6.07, 6.45) is 84.6. The second-order valence-electron chi connectivity index (χ2n) is 21.7. The van der Waals surface area contributed by atoms with Gasteiger partial charge < -0.3 is 14.2 Å². The Hall–Kier alpha value is -3.41. The highest BCUT2D eigenvalue weighted by Crippen LogP contribution is 2.17. The average molecular weight is 1060 g/mol. The Labute approximate surface area is 471 Å². The van der Waals surface area contributed by atoms with Crippen LogP contribution in [0.15, 0.2) is 85.1 Å². The molecule has 76 heavy (non-hydrogen) atoms. The molecule has 0 bridgehead atoms. The first kappa shape index (κ1) is 72.6. The van der Waals surface area contributed by atoms with Crippen molar-refractivity contribution in [2.45, 2.75) is 329 Å². The van der Waals surface area contributed by atoms with Gasteiger partial charge in [0, 0.05) is 19.3 Å². The predicted molar refractivity (Wildman–Crippen MR) is 330 cm³/mol. The van der Waals surface area contributed by atoms with Crippen LogP contribution in [0.1, 0.15) is 323 Å². The van der Waals surface area contributed by atoms with E-state index < -0.39 is 6.10 Å². The summed E-state index contributed by atoms with van der Waals surface area (Å²) < 4.78 is 16.9. The molecule has 0 amide bonds. The van der Waals surface area contributed by atoms with Gasteiger partial charge in [-0.05, 0) is 70.6 Å². The Balaban J connectivity index is 4.37. The molecule has 0 radical (unpaired) electrons. The van der Waals surface area contributed by atoms with Crippen molar-refractivity contribution in [3.8, 4) is 0 Å². The van der Waals surface area contributed by atoms with Crippen LogP contribution in [0.5, 0.6) is 0 Å². The van der Waals surface area contributed by atoms with Crippen LogP contribution in [0, 0.1) is 0 Å². The first-order chi connectivity index (χ1) is 37.5. The third kappa shape index (κ3) is 61.4. The lowest BCUT2D eigenvalue weighted by Crippen LogP contribution is -2.30. The maximum atomic E-state index is 12.9. The Morgan fingerprint density at radius 1 is 0.276 bits per heavy atom. The molecule has 0 aliphatic heterocycles. The minimum Gasteiger partial charge on any atom is -0.462 e. The molecule has 6 nitrogen and oxygen atoms in total. The average Bonchev–Trinajstić information content (AvgIpc) is 3.42. The van der Waals surface area contributed by atoms with Gasteiger partial charge in [-0.1, -0.05) is 318 Å². The van der Waals surface area contributed by atoms with Gasteiger partial charge in [0.1, 0.15) is 13.2 Å². The molecule has 0 rings (SSSR count). The van der Waals surface area contributed by atoms with Gasteiger partial charge in [-0.15, -0.1) is 0 Å². The highest BCUT2D eigenvalue weighted by Gasteiger charge is 2.19. The number of rotatable bonds is 59. The monoisotopic (exact) mass is 1060 g/mol. The summed E-state index contributed by atoms with van der Waals surface area (Å²) in [7, 11) is 0. The van der Waals surface area contributed by atoms with Gasteiger partial charge in [0.2, 0.25) is 0 Å². The third-order valence-corrected chi connectivity index (χ3v) is 14.2. The van der Waals surface area contributed by atoms with Crippen molar-refractivity contribution < 1.29 is 28.6 Å². The second kappa shape index (κ2) is 64.1. The van der Waals surface area contributed by atoms with Crippen molar-refractivity contribution in [3.63, 3.8) is 0 Å². The summed E-state index contributed by atoms with van der Waals surface area (Å²) in [6.45, 7) is 6.52. The van der Waals surface area contributed by atoms with Gasteiger partial charge in [-0.3, -0.25) is 14.4 Å². The Kier molecular flexibility index (Phi) is 61.2. The molecule has 0 fully saturated rings. The van der Waals surface area contributed by atoms with Crippen molar-refractivity contribution in [1.29, 1.82) is 0 Å². The zero-order valence-electron chi connectivity index (χ0n) is 50.3. The van der Waals surface area contributed by atoms with Crippen LogP contribution in [0.2, 0.25) is 0 Å². The summed E-state index contributed by atoms with van der Waals surface area (Å²) in [5, 5.41) is 0. The lowest BCUT2D eigenvalue weighted by molar-refractivity contribution is -0.167. The number of hydrogen-bond donors (Lipinski definition) is 0. The van der Waals surface area contributed by atoms with E-state index in [0.717, 1.165) is 89.9 Å². The van der Waals surface area contributed by atoms with E-state index in [9.17, 15) is 14.4 Å². The van der Waals surface area contributed by atoms with Gasteiger partial charge in [-0.25, -0.2) is 0 Å². The van der Waals surface area contributed by atoms with E-state index in [0.29, 0.717) is 19.3 Å². The Morgan fingerprint density at radius 3 is 0.803 bits per heavy atom. The SMILES string of the molecule is CC/C=C\C/C=C\C/C=C\C/C=C\C/C=C\C/C=C\C/C=C\CCCC(=O)OCC(COC(=O)CCCCCCCCCCCCCC)OC(=O)CCCCCCCCCCCCCCCCCCCCCCCCC. The number of hydrogen-bond acceptors (Lipinski definition) is 6. The molecular weight excluding hydrogens is 937 g/mol. The third-order valence-electron chi connectivity index (χ3n) is 14.2. The van der Waals surface area contributed by atoms with Crippen LogP contribution in [0.4, 0.5) is 0 Å². The Morgan fingerprint density at radius 2 is 0.513 bits per heavy atom. The summed E-state index contributed by atoms with van der Waals surface area (Å²) in [5.41, 5.74) is 0. The van der Waals surface area contributed by atoms with Crippen LogP contribution in [-0.2, 0) is 28.6 Å². The standard InChI is InChI=1S/C70H122O6/c1-4-7-10-13-16-19-22-25-27-29-31-33-35-37-39-41-43-45-48-51-54-57-60-63-69(72)75-66-67(65-74-68(71)62-59-56-53-50-47-24-21-18-15-12-9-6-3)76-70(73)64-61-58-55-52-49-46-44-42-40-38-36-34-32-30-28-26-23-20-17-14-11-8-5-2/h7,10,16,19,25,27,31,33,37,39,43,45,51,54,67H,4-6,8-9,11-15,17-18,20-24,26,28-30,32,34-36,38,40-42,44,46-50,52-53,55-66H2,1-3H3/b10-7-,19-16-,27-25-,33-31-,39-37-,45-43-,54-51-. The van der Waals surface area contributed by atoms with E-state index in [1.54, 1.807) is 0 Å². The van der Waals surface area contributed by atoms with Gasteiger partial charge >= 0.3 is 17.9 Å². The van der Waals surface area contributed by atoms with Gasteiger partial charge in [0.05, 0.1) is 0 Å². The highest BCUT2D eigenvalue weighted by atomic mass is 16.6. The van der Waals surface area contributed by atoms with Crippen LogP contribution >= 0.6 is 0 Å². The molecule has 0 saturated carbocycles. The van der Waals surface area contributed by atoms with Crippen LogP contribution in [0.3, 0.4) is 0 Å². The maximum Gasteiger partial charge on any atom is 0.306 e. The largest absolute Gasteiger partial charge is 0.462 e. The van der Waals surface area contributed by atoms with Crippen LogP contribution in [0.25, 0.3) is 0 Å². The molecule has 0 aliphatic rings. The Bertz CT molecular complexity index is 1450. The first-order valence-electron chi connectivity index (χ1n) is 32.6. The summed E-state index contributed by atoms with van der Waals surface area (Å²) in [6, 6.07) is 0. The summed E-state index contributed by atoms with van der Waals surface area (Å²) >= 11 is 0. The highest BCUT2D eigenvalue weighted by molar-refractivity contribution is 5.71. The fourth-order valence-electron chi connectivity index (χ4n) is 9.32. The van der Waals surface area contributed by atoms with Gasteiger partial charge in [0.25, 0.3) is 0 Å². The summed E-state index contributed by atoms with van der Waals surface area (Å²) in [4.78, 5) is 38.3. The minimum absolute atomic E-state index is 0.0904. The van der Waals surface area contributed by atoms with Gasteiger partial charge in [0.15, 0.2) is 6.10 Å². The topological polar surface area (TPSA) is 78.9 Å². The van der Waals surface area contributed by atoms with Gasteiger partial charge in [-0.2, -0.15) is 0 Å². The van der Waals surface area contributed by atoms with E-state index in [2.05, 4.69) is 106 Å². The molecule has 0 aromatic heterocycles. The van der Waals surface area contributed by atoms with Crippen LogP contribution < -0.4 is 0 Å². The van der Waals surface area contributed by atoms with E-state index in [1.807, 2.05) is 0 Å². The quantitative estimate of drug-likeness (QED) is 0.0261. The van der Waals surface area contributed by atoms with Crippen molar-refractivity contribution in [1.82, 2.24) is 0 Å². The number of carbonyl (C=O) groups is 3. The molecule has 0 aromatic carbocycles. The lowest BCUT2D eigenvalue weighted by atomic mass is 10.0. The molecule has 0 heterocycles. The molecule has 1 unspecified atom stereocenters. The van der Waals surface area contributed by atoms with E-state index in [4.69, 9.17) is 14.2 Å². The molecule has 0 N–H and O–H groups in total. The molecule has 0 aromatic rings. The van der Waals surface area contributed by atoms with E-state index >= 15 is 0 Å². The fraction of sp³-hybridized carbons (Fsp3) is 0.757. The molecule has 0 spiro atoms. The van der Waals surface area contributed by atoms with Crippen LogP contribution in [-0.4, -0.2) is 37.2 Å². The molecular formula is C70H122O6. The molecule has 6 heteroatoms. The van der Waals surface area contributed by atoms with E-state index in [1.165, 1.54) is 186 Å². The smallest absolute Gasteiger partial charge is 0.306 e. The maximum absolute atomic E-state index is 12.9. The first-order valence-corrected chi connectivity index (χ1v) is 32.6. The fourth-order valence-corrected chi connectivity index (χ4v) is 9.32. The molecule has 1 atom stereocenters.